The third-order valence-corrected chi connectivity index (χ3v) is 5.96. The molecule has 0 aliphatic heterocycles. The van der Waals surface area contributed by atoms with Gasteiger partial charge in [-0.2, -0.15) is 0 Å². The number of hydrogen-bond donors (Lipinski definition) is 2. The molecule has 0 saturated heterocycles. The highest BCUT2D eigenvalue weighted by molar-refractivity contribution is 5.97. The average molecular weight is 357 g/mol. The molecule has 2 amide bonds. The summed E-state index contributed by atoms with van der Waals surface area (Å²) in [6, 6.07) is 7.02. The largest absolute Gasteiger partial charge is 0.352 e. The Labute approximate surface area is 157 Å². The van der Waals surface area contributed by atoms with E-state index in [1.54, 1.807) is 24.3 Å². The maximum absolute atomic E-state index is 12.3. The molecule has 3 rings (SSSR count). The fourth-order valence-electron chi connectivity index (χ4n) is 4.23. The van der Waals surface area contributed by atoms with Crippen molar-refractivity contribution >= 4 is 11.8 Å². The van der Waals surface area contributed by atoms with Crippen molar-refractivity contribution in [1.82, 2.24) is 10.6 Å². The second-order valence-corrected chi connectivity index (χ2v) is 8.01. The highest BCUT2D eigenvalue weighted by Gasteiger charge is 2.16. The molecule has 2 aliphatic rings. The van der Waals surface area contributed by atoms with E-state index in [-0.39, 0.29) is 11.8 Å². The zero-order valence-corrected chi connectivity index (χ0v) is 15.8. The van der Waals surface area contributed by atoms with Gasteiger partial charge in [-0.25, -0.2) is 0 Å². The van der Waals surface area contributed by atoms with Gasteiger partial charge in [-0.15, -0.1) is 0 Å². The summed E-state index contributed by atoms with van der Waals surface area (Å²) in [5, 5.41) is 6.09. The second-order valence-electron chi connectivity index (χ2n) is 8.01. The van der Waals surface area contributed by atoms with E-state index in [0.717, 1.165) is 13.1 Å². The van der Waals surface area contributed by atoms with Crippen LogP contribution in [-0.2, 0) is 0 Å². The number of hydrogen-bond acceptors (Lipinski definition) is 2. The van der Waals surface area contributed by atoms with Gasteiger partial charge in [0.2, 0.25) is 0 Å². The topological polar surface area (TPSA) is 58.2 Å². The summed E-state index contributed by atoms with van der Waals surface area (Å²) in [4.78, 5) is 24.6. The lowest BCUT2D eigenvalue weighted by atomic mass is 9.89. The Bertz CT molecular complexity index is 532. The van der Waals surface area contributed by atoms with Crippen LogP contribution in [0.25, 0.3) is 0 Å². The Morgan fingerprint density at radius 2 is 1.00 bits per heavy atom. The summed E-state index contributed by atoms with van der Waals surface area (Å²) in [6.07, 6.45) is 12.7. The van der Waals surface area contributed by atoms with Gasteiger partial charge >= 0.3 is 0 Å². The summed E-state index contributed by atoms with van der Waals surface area (Å²) in [5.74, 6) is 1.17. The number of nitrogens with one attached hydrogen (secondary N) is 2. The molecule has 4 heteroatoms. The third kappa shape index (κ3) is 5.58. The van der Waals surface area contributed by atoms with Crippen LogP contribution in [0, 0.1) is 11.8 Å². The van der Waals surface area contributed by atoms with Gasteiger partial charge in [0.25, 0.3) is 11.8 Å². The normalized spacial score (nSPS) is 19.1. The molecular formula is C22H32N2O2. The van der Waals surface area contributed by atoms with Crippen molar-refractivity contribution in [3.63, 3.8) is 0 Å². The van der Waals surface area contributed by atoms with Crippen LogP contribution >= 0.6 is 0 Å². The minimum Gasteiger partial charge on any atom is -0.352 e. The lowest BCUT2D eigenvalue weighted by molar-refractivity contribution is 0.0932. The van der Waals surface area contributed by atoms with Crippen LogP contribution in [0.3, 0.4) is 0 Å². The van der Waals surface area contributed by atoms with Gasteiger partial charge in [-0.3, -0.25) is 9.59 Å². The lowest BCUT2D eigenvalue weighted by Gasteiger charge is -2.22. The molecule has 26 heavy (non-hydrogen) atoms. The van der Waals surface area contributed by atoms with Gasteiger partial charge in [-0.1, -0.05) is 38.5 Å². The second kappa shape index (κ2) is 9.75. The summed E-state index contributed by atoms with van der Waals surface area (Å²) < 4.78 is 0. The predicted molar refractivity (Wildman–Crippen MR) is 104 cm³/mol. The SMILES string of the molecule is O=C(NCC1CCCCC1)c1ccc(C(=O)NCC2CCCCC2)cc1. The van der Waals surface area contributed by atoms with E-state index in [9.17, 15) is 9.59 Å². The van der Waals surface area contributed by atoms with Gasteiger partial charge in [0, 0.05) is 24.2 Å². The minimum atomic E-state index is -0.0373. The van der Waals surface area contributed by atoms with E-state index in [1.165, 1.54) is 64.2 Å². The van der Waals surface area contributed by atoms with Crippen molar-refractivity contribution in [2.75, 3.05) is 13.1 Å². The molecule has 1 aromatic carbocycles. The van der Waals surface area contributed by atoms with Crippen molar-refractivity contribution in [3.8, 4) is 0 Å². The highest BCUT2D eigenvalue weighted by atomic mass is 16.2. The predicted octanol–water partition coefficient (Wildman–Crippen LogP) is 4.31. The number of amides is 2. The van der Waals surface area contributed by atoms with Crippen molar-refractivity contribution in [3.05, 3.63) is 35.4 Å². The van der Waals surface area contributed by atoms with Crippen molar-refractivity contribution in [2.45, 2.75) is 64.2 Å². The highest BCUT2D eigenvalue weighted by Crippen LogP contribution is 2.23. The van der Waals surface area contributed by atoms with Crippen molar-refractivity contribution in [2.24, 2.45) is 11.8 Å². The van der Waals surface area contributed by atoms with Crippen LogP contribution in [0.15, 0.2) is 24.3 Å². The van der Waals surface area contributed by atoms with Gasteiger partial charge in [0.05, 0.1) is 0 Å². The summed E-state index contributed by atoms with van der Waals surface area (Å²) in [7, 11) is 0. The molecule has 0 aromatic heterocycles. The van der Waals surface area contributed by atoms with Crippen LogP contribution in [0.5, 0.6) is 0 Å². The Morgan fingerprint density at radius 1 is 0.654 bits per heavy atom. The Morgan fingerprint density at radius 3 is 1.35 bits per heavy atom. The van der Waals surface area contributed by atoms with E-state index in [4.69, 9.17) is 0 Å². The summed E-state index contributed by atoms with van der Waals surface area (Å²) in [6.45, 7) is 1.53. The Kier molecular flexibility index (Phi) is 7.10. The first-order valence-electron chi connectivity index (χ1n) is 10.4. The Hall–Kier alpha value is -1.84. The first kappa shape index (κ1) is 18.9. The monoisotopic (exact) mass is 356 g/mol. The van der Waals surface area contributed by atoms with E-state index in [0.29, 0.717) is 23.0 Å². The first-order chi connectivity index (χ1) is 12.7. The summed E-state index contributed by atoms with van der Waals surface area (Å²) in [5.41, 5.74) is 1.26. The fourth-order valence-corrected chi connectivity index (χ4v) is 4.23. The molecule has 2 aliphatic carbocycles. The standard InChI is InChI=1S/C22H32N2O2/c25-21(23-15-17-7-3-1-4-8-17)19-11-13-20(14-12-19)22(26)24-16-18-9-5-2-6-10-18/h11-14,17-18H,1-10,15-16H2,(H,23,25)(H,24,26). The maximum Gasteiger partial charge on any atom is 0.251 e. The molecule has 0 atom stereocenters. The van der Waals surface area contributed by atoms with Gasteiger partial charge in [0.15, 0.2) is 0 Å². The van der Waals surface area contributed by atoms with Crippen molar-refractivity contribution in [1.29, 1.82) is 0 Å². The molecule has 0 heterocycles. The first-order valence-corrected chi connectivity index (χ1v) is 10.4. The summed E-state index contributed by atoms with van der Waals surface area (Å²) >= 11 is 0. The maximum atomic E-state index is 12.3. The average Bonchev–Trinajstić information content (AvgIpc) is 2.72. The van der Waals surface area contributed by atoms with Crippen LogP contribution in [0.4, 0.5) is 0 Å². The molecule has 2 saturated carbocycles. The molecule has 1 aromatic rings. The van der Waals surface area contributed by atoms with E-state index < -0.39 is 0 Å². The minimum absolute atomic E-state index is 0.0373. The van der Waals surface area contributed by atoms with Crippen LogP contribution in [0.2, 0.25) is 0 Å². The molecule has 0 radical (unpaired) electrons. The smallest absolute Gasteiger partial charge is 0.251 e. The number of benzene rings is 1. The van der Waals surface area contributed by atoms with Crippen LogP contribution < -0.4 is 10.6 Å². The molecule has 0 unspecified atom stereocenters. The molecular weight excluding hydrogens is 324 g/mol. The molecule has 2 N–H and O–H groups in total. The molecule has 0 spiro atoms. The van der Waals surface area contributed by atoms with E-state index in [2.05, 4.69) is 10.6 Å². The zero-order valence-electron chi connectivity index (χ0n) is 15.8. The molecule has 142 valence electrons. The molecule has 2 fully saturated rings. The zero-order chi connectivity index (χ0) is 18.2. The molecule has 4 nitrogen and oxygen atoms in total. The van der Waals surface area contributed by atoms with E-state index in [1.807, 2.05) is 0 Å². The van der Waals surface area contributed by atoms with E-state index >= 15 is 0 Å². The number of carbonyl (C=O) groups is 2. The Balaban J connectivity index is 1.44. The van der Waals surface area contributed by atoms with Crippen molar-refractivity contribution < 1.29 is 9.59 Å². The quantitative estimate of drug-likeness (QED) is 0.798. The van der Waals surface area contributed by atoms with Crippen LogP contribution in [0.1, 0.15) is 84.9 Å². The van der Waals surface area contributed by atoms with Gasteiger partial charge in [0.1, 0.15) is 0 Å². The van der Waals surface area contributed by atoms with Crippen LogP contribution in [-0.4, -0.2) is 24.9 Å². The fraction of sp³-hybridized carbons (Fsp3) is 0.636. The van der Waals surface area contributed by atoms with Gasteiger partial charge in [-0.05, 0) is 61.8 Å². The number of rotatable bonds is 6. The number of carbonyl (C=O) groups excluding carboxylic acids is 2. The van der Waals surface area contributed by atoms with Gasteiger partial charge < -0.3 is 10.6 Å². The molecule has 0 bridgehead atoms. The third-order valence-electron chi connectivity index (χ3n) is 5.96. The lowest BCUT2D eigenvalue weighted by Crippen LogP contribution is -2.31.